The number of fused-ring (bicyclic) bond motifs is 1. The Kier molecular flexibility index (Phi) is 5.75. The monoisotopic (exact) mass is 420 g/mol. The van der Waals surface area contributed by atoms with Gasteiger partial charge in [-0.05, 0) is 85.8 Å². The van der Waals surface area contributed by atoms with Gasteiger partial charge in [0.1, 0.15) is 5.65 Å². The van der Waals surface area contributed by atoms with Gasteiger partial charge in [0.25, 0.3) is 0 Å². The lowest BCUT2D eigenvalue weighted by molar-refractivity contribution is 0.192. The second-order valence-electron chi connectivity index (χ2n) is 8.76. The summed E-state index contributed by atoms with van der Waals surface area (Å²) in [5.74, 6) is 0.806. The summed E-state index contributed by atoms with van der Waals surface area (Å²) in [5, 5.41) is 9.06. The summed E-state index contributed by atoms with van der Waals surface area (Å²) in [6.07, 6.45) is 7.86. The number of piperidine rings is 1. The van der Waals surface area contributed by atoms with E-state index >= 15 is 0 Å². The SMILES string of the molecule is CCN1CCC(Cc2ccc(-c3ccc4ncc(-c5ccc(C#N)cc5)n4c3)cc2)CC1. The normalized spacial score (nSPS) is 15.1. The predicted octanol–water partition coefficient (Wildman–Crippen LogP) is 5.81. The minimum Gasteiger partial charge on any atom is -0.304 e. The summed E-state index contributed by atoms with van der Waals surface area (Å²) >= 11 is 0. The second kappa shape index (κ2) is 8.98. The van der Waals surface area contributed by atoms with Crippen LogP contribution in [0.4, 0.5) is 0 Å². The quantitative estimate of drug-likeness (QED) is 0.409. The van der Waals surface area contributed by atoms with Crippen LogP contribution in [0, 0.1) is 17.2 Å². The van der Waals surface area contributed by atoms with Crippen LogP contribution >= 0.6 is 0 Å². The number of likely N-dealkylation sites (tertiary alicyclic amines) is 1. The third-order valence-electron chi connectivity index (χ3n) is 6.78. The number of rotatable bonds is 5. The van der Waals surface area contributed by atoms with Crippen molar-refractivity contribution in [1.29, 1.82) is 5.26 Å². The molecule has 1 saturated heterocycles. The highest BCUT2D eigenvalue weighted by Gasteiger charge is 2.18. The van der Waals surface area contributed by atoms with E-state index in [1.165, 1.54) is 55.6 Å². The van der Waals surface area contributed by atoms with Crippen LogP contribution in [0.2, 0.25) is 0 Å². The molecule has 160 valence electrons. The molecule has 4 nitrogen and oxygen atoms in total. The highest BCUT2D eigenvalue weighted by molar-refractivity contribution is 5.69. The molecule has 0 saturated carbocycles. The summed E-state index contributed by atoms with van der Waals surface area (Å²) in [6, 6.07) is 23.1. The van der Waals surface area contributed by atoms with E-state index in [1.54, 1.807) is 0 Å². The minimum absolute atomic E-state index is 0.666. The van der Waals surface area contributed by atoms with E-state index in [1.807, 2.05) is 30.5 Å². The molecule has 0 unspecified atom stereocenters. The minimum atomic E-state index is 0.666. The van der Waals surface area contributed by atoms with Crippen LogP contribution < -0.4 is 0 Å². The number of hydrogen-bond acceptors (Lipinski definition) is 3. The molecule has 1 fully saturated rings. The summed E-state index contributed by atoms with van der Waals surface area (Å²) in [6.45, 7) is 5.92. The molecular weight excluding hydrogens is 392 g/mol. The molecule has 0 amide bonds. The van der Waals surface area contributed by atoms with Crippen molar-refractivity contribution in [3.8, 4) is 28.5 Å². The largest absolute Gasteiger partial charge is 0.304 e. The average Bonchev–Trinajstić information content (AvgIpc) is 3.28. The van der Waals surface area contributed by atoms with Gasteiger partial charge >= 0.3 is 0 Å². The fourth-order valence-electron chi connectivity index (χ4n) is 4.75. The van der Waals surface area contributed by atoms with Crippen LogP contribution in [0.25, 0.3) is 28.0 Å². The lowest BCUT2D eigenvalue weighted by atomic mass is 9.89. The molecule has 2 aromatic heterocycles. The van der Waals surface area contributed by atoms with Crippen molar-refractivity contribution >= 4 is 5.65 Å². The number of hydrogen-bond donors (Lipinski definition) is 0. The van der Waals surface area contributed by atoms with E-state index in [-0.39, 0.29) is 0 Å². The number of pyridine rings is 1. The highest BCUT2D eigenvalue weighted by Crippen LogP contribution is 2.27. The number of imidazole rings is 1. The Bertz CT molecular complexity index is 1240. The molecule has 1 aliphatic heterocycles. The molecule has 0 atom stereocenters. The molecule has 0 bridgehead atoms. The topological polar surface area (TPSA) is 44.3 Å². The van der Waals surface area contributed by atoms with Gasteiger partial charge in [-0.15, -0.1) is 0 Å². The van der Waals surface area contributed by atoms with E-state index < -0.39 is 0 Å². The van der Waals surface area contributed by atoms with Gasteiger partial charge in [0.05, 0.1) is 23.5 Å². The van der Waals surface area contributed by atoms with Crippen LogP contribution in [0.3, 0.4) is 0 Å². The van der Waals surface area contributed by atoms with Gasteiger partial charge in [-0.2, -0.15) is 5.26 Å². The van der Waals surface area contributed by atoms with Crippen LogP contribution in [0.5, 0.6) is 0 Å². The second-order valence-corrected chi connectivity index (χ2v) is 8.76. The molecular formula is C28H28N4. The van der Waals surface area contributed by atoms with Crippen LogP contribution in [-0.2, 0) is 6.42 Å². The number of nitriles is 1. The van der Waals surface area contributed by atoms with Crippen molar-refractivity contribution in [1.82, 2.24) is 14.3 Å². The Morgan fingerprint density at radius 3 is 2.28 bits per heavy atom. The van der Waals surface area contributed by atoms with Crippen molar-refractivity contribution in [2.24, 2.45) is 5.92 Å². The van der Waals surface area contributed by atoms with Gasteiger partial charge in [-0.1, -0.05) is 43.3 Å². The van der Waals surface area contributed by atoms with Crippen LogP contribution in [-0.4, -0.2) is 33.9 Å². The summed E-state index contributed by atoms with van der Waals surface area (Å²) < 4.78 is 2.13. The maximum Gasteiger partial charge on any atom is 0.137 e. The van der Waals surface area contributed by atoms with Crippen molar-refractivity contribution in [2.75, 3.05) is 19.6 Å². The first-order valence-corrected chi connectivity index (χ1v) is 11.5. The fourth-order valence-corrected chi connectivity index (χ4v) is 4.75. The Morgan fingerprint density at radius 1 is 0.906 bits per heavy atom. The molecule has 0 spiro atoms. The zero-order valence-electron chi connectivity index (χ0n) is 18.5. The lowest BCUT2D eigenvalue weighted by Crippen LogP contribution is -2.34. The third kappa shape index (κ3) is 4.17. The van der Waals surface area contributed by atoms with Crippen molar-refractivity contribution in [3.63, 3.8) is 0 Å². The first-order valence-electron chi connectivity index (χ1n) is 11.5. The molecule has 4 aromatic rings. The maximum absolute atomic E-state index is 9.06. The molecule has 32 heavy (non-hydrogen) atoms. The van der Waals surface area contributed by atoms with E-state index in [9.17, 15) is 0 Å². The van der Waals surface area contributed by atoms with E-state index in [0.29, 0.717) is 5.56 Å². The Morgan fingerprint density at radius 2 is 1.59 bits per heavy atom. The lowest BCUT2D eigenvalue weighted by Gasteiger charge is -2.31. The standard InChI is InChI=1S/C28H28N4/c1-2-31-15-13-22(14-16-31)17-21-3-7-24(8-4-21)26-11-12-28-30-19-27(32(28)20-26)25-9-5-23(18-29)6-10-25/h3-12,19-20,22H,2,13-17H2,1H3. The van der Waals surface area contributed by atoms with Gasteiger partial charge in [0.15, 0.2) is 0 Å². The number of benzene rings is 2. The average molecular weight is 421 g/mol. The van der Waals surface area contributed by atoms with Crippen LogP contribution in [0.15, 0.2) is 73.1 Å². The molecule has 1 aliphatic rings. The Hall–Kier alpha value is -3.42. The summed E-state index contributed by atoms with van der Waals surface area (Å²) in [4.78, 5) is 7.11. The summed E-state index contributed by atoms with van der Waals surface area (Å²) in [5.41, 5.74) is 7.50. The Labute approximate surface area is 189 Å². The number of nitrogens with zero attached hydrogens (tertiary/aromatic N) is 4. The molecule has 0 aliphatic carbocycles. The van der Waals surface area contributed by atoms with Crippen molar-refractivity contribution in [3.05, 3.63) is 84.2 Å². The number of aromatic nitrogens is 2. The predicted molar refractivity (Wildman–Crippen MR) is 129 cm³/mol. The van der Waals surface area contributed by atoms with Gasteiger partial charge < -0.3 is 4.90 Å². The zero-order chi connectivity index (χ0) is 21.9. The molecule has 5 rings (SSSR count). The maximum atomic E-state index is 9.06. The molecule has 4 heteroatoms. The van der Waals surface area contributed by atoms with Gasteiger partial charge in [-0.3, -0.25) is 4.40 Å². The van der Waals surface area contributed by atoms with Gasteiger partial charge in [0, 0.05) is 11.8 Å². The van der Waals surface area contributed by atoms with Gasteiger partial charge in [-0.25, -0.2) is 4.98 Å². The molecule has 0 radical (unpaired) electrons. The molecule has 2 aromatic carbocycles. The molecule has 0 N–H and O–H groups in total. The molecule has 3 heterocycles. The zero-order valence-corrected chi connectivity index (χ0v) is 18.5. The first-order chi connectivity index (χ1) is 15.7. The highest BCUT2D eigenvalue weighted by atomic mass is 15.1. The Balaban J connectivity index is 1.36. The van der Waals surface area contributed by atoms with E-state index in [2.05, 4.69) is 69.9 Å². The van der Waals surface area contributed by atoms with Crippen LogP contribution in [0.1, 0.15) is 30.9 Å². The van der Waals surface area contributed by atoms with E-state index in [4.69, 9.17) is 5.26 Å². The smallest absolute Gasteiger partial charge is 0.137 e. The van der Waals surface area contributed by atoms with Crippen molar-refractivity contribution < 1.29 is 0 Å². The third-order valence-corrected chi connectivity index (χ3v) is 6.78. The van der Waals surface area contributed by atoms with Crippen molar-refractivity contribution in [2.45, 2.75) is 26.2 Å². The first kappa shape index (κ1) is 20.5. The fraction of sp³-hybridized carbons (Fsp3) is 0.286. The van der Waals surface area contributed by atoms with Gasteiger partial charge in [0.2, 0.25) is 0 Å². The van der Waals surface area contributed by atoms with E-state index in [0.717, 1.165) is 22.8 Å². The summed E-state index contributed by atoms with van der Waals surface area (Å²) in [7, 11) is 0.